The van der Waals surface area contributed by atoms with Gasteiger partial charge in [0, 0.05) is 28.2 Å². The zero-order valence-electron chi connectivity index (χ0n) is 16.4. The van der Waals surface area contributed by atoms with Crippen molar-refractivity contribution in [1.29, 1.82) is 0 Å². The molecule has 0 saturated carbocycles. The normalized spacial score (nSPS) is 18.5. The van der Waals surface area contributed by atoms with Crippen molar-refractivity contribution in [2.75, 3.05) is 7.11 Å². The molecule has 0 spiro atoms. The summed E-state index contributed by atoms with van der Waals surface area (Å²) in [6, 6.07) is 22.5. The molecule has 1 heterocycles. The molecule has 0 unspecified atom stereocenters. The number of aliphatic imine (C=N–C) groups is 1. The molecule has 1 aliphatic rings. The molecular formula is C24H21BrN2O3. The van der Waals surface area contributed by atoms with Gasteiger partial charge in [-0.2, -0.15) is 0 Å². The van der Waals surface area contributed by atoms with Gasteiger partial charge in [-0.1, -0.05) is 58.4 Å². The Balaban J connectivity index is 1.71. The highest BCUT2D eigenvalue weighted by Gasteiger charge is 2.27. The Morgan fingerprint density at radius 2 is 1.77 bits per heavy atom. The van der Waals surface area contributed by atoms with Crippen LogP contribution in [0.3, 0.4) is 0 Å². The first-order chi connectivity index (χ1) is 14.5. The summed E-state index contributed by atoms with van der Waals surface area (Å²) in [6.45, 7) is 0. The summed E-state index contributed by atoms with van der Waals surface area (Å²) in [5, 5.41) is 13.9. The van der Waals surface area contributed by atoms with Crippen LogP contribution in [-0.4, -0.2) is 23.9 Å². The molecule has 0 bridgehead atoms. The van der Waals surface area contributed by atoms with Crippen molar-refractivity contribution in [3.8, 4) is 5.75 Å². The number of benzene rings is 3. The number of aromatic hydroxyl groups is 1. The number of halogens is 1. The predicted molar refractivity (Wildman–Crippen MR) is 120 cm³/mol. The molecule has 152 valence electrons. The molecule has 3 aromatic carbocycles. The van der Waals surface area contributed by atoms with E-state index in [9.17, 15) is 9.90 Å². The minimum atomic E-state index is -0.371. The van der Waals surface area contributed by atoms with Gasteiger partial charge in [-0.15, -0.1) is 0 Å². The predicted octanol–water partition coefficient (Wildman–Crippen LogP) is 5.16. The number of ether oxygens (including phenoxy) is 1. The van der Waals surface area contributed by atoms with Crippen LogP contribution in [0, 0.1) is 0 Å². The Hall–Kier alpha value is -2.96. The number of rotatable bonds is 4. The fraction of sp³-hybridized carbons (Fsp3) is 0.167. The number of phenols is 1. The Morgan fingerprint density at radius 3 is 2.43 bits per heavy atom. The van der Waals surface area contributed by atoms with E-state index in [4.69, 9.17) is 9.73 Å². The molecule has 4 rings (SSSR count). The van der Waals surface area contributed by atoms with E-state index in [1.54, 1.807) is 18.2 Å². The maximum absolute atomic E-state index is 11.7. The highest BCUT2D eigenvalue weighted by atomic mass is 79.9. The lowest BCUT2D eigenvalue weighted by Crippen LogP contribution is -2.33. The summed E-state index contributed by atoms with van der Waals surface area (Å²) in [6.07, 6.45) is 0.337. The van der Waals surface area contributed by atoms with E-state index in [2.05, 4.69) is 21.2 Å². The topological polar surface area (TPSA) is 70.9 Å². The molecule has 0 aliphatic carbocycles. The maximum atomic E-state index is 11.7. The molecule has 3 aromatic rings. The van der Waals surface area contributed by atoms with Crippen LogP contribution in [0.25, 0.3) is 0 Å². The van der Waals surface area contributed by atoms with Gasteiger partial charge >= 0.3 is 5.97 Å². The van der Waals surface area contributed by atoms with E-state index < -0.39 is 0 Å². The van der Waals surface area contributed by atoms with Crippen molar-refractivity contribution < 1.29 is 14.6 Å². The smallest absolute Gasteiger partial charge is 0.337 e. The van der Waals surface area contributed by atoms with Gasteiger partial charge in [-0.25, -0.2) is 4.79 Å². The summed E-state index contributed by atoms with van der Waals surface area (Å²) < 4.78 is 5.79. The van der Waals surface area contributed by atoms with Gasteiger partial charge in [-0.3, -0.25) is 10.3 Å². The number of esters is 1. The number of hydrogen-bond donors (Lipinski definition) is 2. The van der Waals surface area contributed by atoms with E-state index in [0.29, 0.717) is 12.0 Å². The lowest BCUT2D eigenvalue weighted by molar-refractivity contribution is 0.0600. The Morgan fingerprint density at radius 1 is 1.07 bits per heavy atom. The van der Waals surface area contributed by atoms with Gasteiger partial charge in [0.05, 0.1) is 12.7 Å². The minimum Gasteiger partial charge on any atom is -0.508 e. The van der Waals surface area contributed by atoms with Crippen LogP contribution < -0.4 is 5.32 Å². The van der Waals surface area contributed by atoms with E-state index in [-0.39, 0.29) is 23.9 Å². The quantitative estimate of drug-likeness (QED) is 0.522. The van der Waals surface area contributed by atoms with Crippen LogP contribution in [0.5, 0.6) is 5.75 Å². The summed E-state index contributed by atoms with van der Waals surface area (Å²) >= 11 is 3.48. The molecule has 0 saturated heterocycles. The molecule has 1 aliphatic heterocycles. The monoisotopic (exact) mass is 464 g/mol. The Bertz CT molecular complexity index is 1080. The summed E-state index contributed by atoms with van der Waals surface area (Å²) in [4.78, 5) is 16.7. The largest absolute Gasteiger partial charge is 0.508 e. The lowest BCUT2D eigenvalue weighted by atomic mass is 9.93. The number of carbonyl (C=O) groups is 1. The summed E-state index contributed by atoms with van der Waals surface area (Å²) in [7, 11) is 1.37. The lowest BCUT2D eigenvalue weighted by Gasteiger charge is -2.31. The molecule has 0 aromatic heterocycles. The molecule has 0 amide bonds. The van der Waals surface area contributed by atoms with Crippen molar-refractivity contribution in [3.05, 3.63) is 99.5 Å². The average molecular weight is 465 g/mol. The first kappa shape index (κ1) is 20.3. The van der Waals surface area contributed by atoms with Crippen LogP contribution in [0.2, 0.25) is 0 Å². The van der Waals surface area contributed by atoms with Gasteiger partial charge in [0.1, 0.15) is 11.9 Å². The van der Waals surface area contributed by atoms with Crippen molar-refractivity contribution >= 4 is 27.6 Å². The number of methoxy groups -OCH3 is 1. The van der Waals surface area contributed by atoms with Crippen molar-refractivity contribution in [2.45, 2.75) is 18.6 Å². The fourth-order valence-corrected chi connectivity index (χ4v) is 3.86. The van der Waals surface area contributed by atoms with E-state index in [1.165, 1.54) is 7.11 Å². The van der Waals surface area contributed by atoms with Crippen LogP contribution in [0.15, 0.2) is 82.3 Å². The summed E-state index contributed by atoms with van der Waals surface area (Å²) in [5.41, 5.74) is 4.25. The van der Waals surface area contributed by atoms with Crippen LogP contribution >= 0.6 is 15.9 Å². The zero-order valence-corrected chi connectivity index (χ0v) is 18.0. The number of hydrogen-bond acceptors (Lipinski definition) is 5. The standard InChI is InChI=1S/C24H21BrN2O3/c1-30-24(29)17-8-6-16(7-9-17)23-26-20(15-10-12-18(25)13-11-15)14-21(27-23)19-4-2-3-5-22(19)28/h2-13,21,23,27-28H,14H2,1H3/t21-,23-/m0/s1. The highest BCUT2D eigenvalue weighted by molar-refractivity contribution is 9.10. The SMILES string of the molecule is COC(=O)c1ccc([C@H]2N=C(c3ccc(Br)cc3)C[C@@H](c3ccccc3O)N2)cc1. The minimum absolute atomic E-state index is 0.104. The number of nitrogens with zero attached hydrogens (tertiary/aromatic N) is 1. The Kier molecular flexibility index (Phi) is 5.97. The Labute approximate surface area is 183 Å². The van der Waals surface area contributed by atoms with Crippen LogP contribution in [0.4, 0.5) is 0 Å². The molecule has 6 heteroatoms. The summed E-state index contributed by atoms with van der Waals surface area (Å²) in [5.74, 6) is -0.115. The number of nitrogens with one attached hydrogen (secondary N) is 1. The molecule has 0 fully saturated rings. The third kappa shape index (κ3) is 4.30. The molecule has 2 atom stereocenters. The fourth-order valence-electron chi connectivity index (χ4n) is 3.60. The molecule has 30 heavy (non-hydrogen) atoms. The second kappa shape index (κ2) is 8.81. The highest BCUT2D eigenvalue weighted by Crippen LogP contribution is 2.34. The van der Waals surface area contributed by atoms with E-state index in [0.717, 1.165) is 26.9 Å². The van der Waals surface area contributed by atoms with Gasteiger partial charge in [0.2, 0.25) is 0 Å². The first-order valence-corrected chi connectivity index (χ1v) is 10.4. The number of carbonyl (C=O) groups excluding carboxylic acids is 1. The van der Waals surface area contributed by atoms with Gasteiger partial charge in [-0.05, 0) is 41.5 Å². The molecule has 2 N–H and O–H groups in total. The molecule has 5 nitrogen and oxygen atoms in total. The number of phenolic OH excluding ortho intramolecular Hbond substituents is 1. The van der Waals surface area contributed by atoms with Crippen molar-refractivity contribution in [1.82, 2.24) is 5.32 Å². The first-order valence-electron chi connectivity index (χ1n) is 9.60. The number of para-hydroxylation sites is 1. The van der Waals surface area contributed by atoms with Crippen LogP contribution in [-0.2, 0) is 4.74 Å². The second-order valence-electron chi connectivity index (χ2n) is 7.08. The maximum Gasteiger partial charge on any atom is 0.337 e. The van der Waals surface area contributed by atoms with Crippen LogP contribution in [0.1, 0.15) is 45.7 Å². The third-order valence-corrected chi connectivity index (χ3v) is 5.71. The molecule has 0 radical (unpaired) electrons. The van der Waals surface area contributed by atoms with E-state index in [1.807, 2.05) is 54.6 Å². The third-order valence-electron chi connectivity index (χ3n) is 5.18. The van der Waals surface area contributed by atoms with Gasteiger partial charge in [0.25, 0.3) is 0 Å². The average Bonchev–Trinajstić information content (AvgIpc) is 2.79. The second-order valence-corrected chi connectivity index (χ2v) is 8.00. The van der Waals surface area contributed by atoms with Gasteiger partial charge < -0.3 is 9.84 Å². The van der Waals surface area contributed by atoms with Crippen molar-refractivity contribution in [2.24, 2.45) is 4.99 Å². The van der Waals surface area contributed by atoms with Gasteiger partial charge in [0.15, 0.2) is 0 Å². The van der Waals surface area contributed by atoms with Crippen molar-refractivity contribution in [3.63, 3.8) is 0 Å². The molecular weight excluding hydrogens is 444 g/mol. The zero-order chi connectivity index (χ0) is 21.1. The van der Waals surface area contributed by atoms with E-state index >= 15 is 0 Å².